The van der Waals surface area contributed by atoms with Crippen LogP contribution in [0.25, 0.3) is 0 Å². The summed E-state index contributed by atoms with van der Waals surface area (Å²) in [5.41, 5.74) is 0. The molecule has 2 N–H and O–H groups in total. The van der Waals surface area contributed by atoms with Crippen LogP contribution in [0, 0.1) is 5.92 Å². The first-order valence-electron chi connectivity index (χ1n) is 6.15. The highest BCUT2D eigenvalue weighted by atomic mass is 16.4. The monoisotopic (exact) mass is 224 g/mol. The van der Waals surface area contributed by atoms with Crippen LogP contribution < -0.4 is 10.6 Å². The lowest BCUT2D eigenvalue weighted by Crippen LogP contribution is -2.12. The second-order valence-electron chi connectivity index (χ2n) is 4.31. The van der Waals surface area contributed by atoms with E-state index in [0.717, 1.165) is 19.0 Å². The molecule has 1 aromatic rings. The molecule has 0 unspecified atom stereocenters. The molecule has 1 fully saturated rings. The first-order valence-corrected chi connectivity index (χ1v) is 6.15. The topological polar surface area (TPSA) is 63.0 Å². The molecule has 0 amide bonds. The van der Waals surface area contributed by atoms with Gasteiger partial charge in [0.05, 0.1) is 6.54 Å². The van der Waals surface area contributed by atoms with E-state index in [9.17, 15) is 0 Å². The van der Waals surface area contributed by atoms with Gasteiger partial charge in [-0.05, 0) is 25.3 Å². The molecule has 1 heterocycles. The smallest absolute Gasteiger partial charge is 0.315 e. The summed E-state index contributed by atoms with van der Waals surface area (Å²) in [5, 5.41) is 14.3. The van der Waals surface area contributed by atoms with Gasteiger partial charge in [-0.1, -0.05) is 24.9 Å². The standard InChI is InChI=1S/C11H20N4O/c1-2-12-8-10-14-15-11(16-10)13-7-9-5-3-4-6-9/h9,12H,2-8H2,1H3,(H,13,15). The molecule has 5 heteroatoms. The maximum absolute atomic E-state index is 5.45. The summed E-state index contributed by atoms with van der Waals surface area (Å²) in [5.74, 6) is 1.43. The van der Waals surface area contributed by atoms with Gasteiger partial charge in [-0.3, -0.25) is 0 Å². The lowest BCUT2D eigenvalue weighted by molar-refractivity contribution is 0.475. The summed E-state index contributed by atoms with van der Waals surface area (Å²) in [7, 11) is 0. The summed E-state index contributed by atoms with van der Waals surface area (Å²) < 4.78 is 5.45. The fourth-order valence-corrected chi connectivity index (χ4v) is 2.07. The van der Waals surface area contributed by atoms with Crippen molar-refractivity contribution in [1.82, 2.24) is 15.5 Å². The predicted molar refractivity (Wildman–Crippen MR) is 62.1 cm³/mol. The van der Waals surface area contributed by atoms with Gasteiger partial charge >= 0.3 is 6.01 Å². The number of nitrogens with one attached hydrogen (secondary N) is 2. The highest BCUT2D eigenvalue weighted by molar-refractivity contribution is 5.16. The molecule has 0 saturated heterocycles. The Kier molecular flexibility index (Phi) is 4.16. The normalized spacial score (nSPS) is 16.8. The Balaban J connectivity index is 1.73. The second kappa shape index (κ2) is 5.84. The molecule has 5 nitrogen and oxygen atoms in total. The average Bonchev–Trinajstić information content (AvgIpc) is 2.95. The zero-order chi connectivity index (χ0) is 11.2. The molecule has 90 valence electrons. The molecule has 2 rings (SSSR count). The predicted octanol–water partition coefficient (Wildman–Crippen LogP) is 1.78. The van der Waals surface area contributed by atoms with Gasteiger partial charge in [-0.25, -0.2) is 0 Å². The van der Waals surface area contributed by atoms with Gasteiger partial charge in [0.1, 0.15) is 0 Å². The van der Waals surface area contributed by atoms with Gasteiger partial charge in [0.15, 0.2) is 0 Å². The number of hydrogen-bond acceptors (Lipinski definition) is 5. The number of hydrogen-bond donors (Lipinski definition) is 2. The van der Waals surface area contributed by atoms with Crippen LogP contribution in [0.4, 0.5) is 6.01 Å². The summed E-state index contributed by atoms with van der Waals surface area (Å²) in [4.78, 5) is 0. The summed E-state index contributed by atoms with van der Waals surface area (Å²) in [6.07, 6.45) is 5.38. The van der Waals surface area contributed by atoms with E-state index in [1.807, 2.05) is 0 Å². The van der Waals surface area contributed by atoms with Crippen LogP contribution in [-0.4, -0.2) is 23.3 Å². The fraction of sp³-hybridized carbons (Fsp3) is 0.818. The number of nitrogens with zero attached hydrogens (tertiary/aromatic N) is 2. The van der Waals surface area contributed by atoms with Gasteiger partial charge in [0.25, 0.3) is 0 Å². The Labute approximate surface area is 96.0 Å². The highest BCUT2D eigenvalue weighted by Crippen LogP contribution is 2.24. The molecule has 1 aliphatic carbocycles. The summed E-state index contributed by atoms with van der Waals surface area (Å²) in [6.45, 7) is 4.57. The Hall–Kier alpha value is -1.10. The lowest BCUT2D eigenvalue weighted by atomic mass is 10.1. The highest BCUT2D eigenvalue weighted by Gasteiger charge is 2.15. The number of anilines is 1. The van der Waals surface area contributed by atoms with Gasteiger partial charge in [0.2, 0.25) is 5.89 Å². The van der Waals surface area contributed by atoms with E-state index < -0.39 is 0 Å². The SMILES string of the molecule is CCNCc1nnc(NCC2CCCC2)o1. The van der Waals surface area contributed by atoms with Crippen LogP contribution in [-0.2, 0) is 6.54 Å². The Morgan fingerprint density at radius 2 is 2.12 bits per heavy atom. The molecular formula is C11H20N4O. The van der Waals surface area contributed by atoms with Crippen molar-refractivity contribution in [2.75, 3.05) is 18.4 Å². The largest absolute Gasteiger partial charge is 0.407 e. The van der Waals surface area contributed by atoms with E-state index >= 15 is 0 Å². The van der Waals surface area contributed by atoms with Crippen LogP contribution in [0.5, 0.6) is 0 Å². The molecule has 0 aromatic carbocycles. The van der Waals surface area contributed by atoms with Crippen molar-refractivity contribution in [3.8, 4) is 0 Å². The first-order chi connectivity index (χ1) is 7.88. The van der Waals surface area contributed by atoms with E-state index in [4.69, 9.17) is 4.42 Å². The molecule has 0 bridgehead atoms. The number of aromatic nitrogens is 2. The Morgan fingerprint density at radius 1 is 1.31 bits per heavy atom. The van der Waals surface area contributed by atoms with Gasteiger partial charge in [0, 0.05) is 6.54 Å². The van der Waals surface area contributed by atoms with Crippen molar-refractivity contribution in [2.24, 2.45) is 5.92 Å². The van der Waals surface area contributed by atoms with E-state index in [1.54, 1.807) is 0 Å². The zero-order valence-corrected chi connectivity index (χ0v) is 9.83. The third kappa shape index (κ3) is 3.20. The Bertz CT molecular complexity index is 307. The molecule has 0 spiro atoms. The molecule has 16 heavy (non-hydrogen) atoms. The van der Waals surface area contributed by atoms with Crippen molar-refractivity contribution < 1.29 is 4.42 Å². The maximum atomic E-state index is 5.45. The molecule has 0 aliphatic heterocycles. The summed E-state index contributed by atoms with van der Waals surface area (Å²) >= 11 is 0. The first kappa shape index (κ1) is 11.4. The fourth-order valence-electron chi connectivity index (χ4n) is 2.07. The van der Waals surface area contributed by atoms with Crippen molar-refractivity contribution in [3.05, 3.63) is 5.89 Å². The minimum atomic E-state index is 0.555. The molecule has 1 saturated carbocycles. The van der Waals surface area contributed by atoms with Gasteiger partial charge < -0.3 is 15.1 Å². The molecule has 0 radical (unpaired) electrons. The minimum absolute atomic E-state index is 0.555. The average molecular weight is 224 g/mol. The summed E-state index contributed by atoms with van der Waals surface area (Å²) in [6, 6.07) is 0.555. The third-order valence-corrected chi connectivity index (χ3v) is 3.01. The van der Waals surface area contributed by atoms with Crippen molar-refractivity contribution in [2.45, 2.75) is 39.2 Å². The van der Waals surface area contributed by atoms with Crippen LogP contribution in [0.15, 0.2) is 4.42 Å². The van der Waals surface area contributed by atoms with Crippen molar-refractivity contribution >= 4 is 6.01 Å². The lowest BCUT2D eigenvalue weighted by Gasteiger charge is -2.07. The quantitative estimate of drug-likeness (QED) is 0.771. The maximum Gasteiger partial charge on any atom is 0.315 e. The van der Waals surface area contributed by atoms with Crippen LogP contribution >= 0.6 is 0 Å². The van der Waals surface area contributed by atoms with E-state index in [-0.39, 0.29) is 0 Å². The minimum Gasteiger partial charge on any atom is -0.407 e. The van der Waals surface area contributed by atoms with E-state index in [0.29, 0.717) is 18.5 Å². The van der Waals surface area contributed by atoms with Gasteiger partial charge in [-0.15, -0.1) is 5.10 Å². The number of rotatable bonds is 6. The molecule has 1 aliphatic rings. The molecular weight excluding hydrogens is 204 g/mol. The zero-order valence-electron chi connectivity index (χ0n) is 9.83. The van der Waals surface area contributed by atoms with Gasteiger partial charge in [-0.2, -0.15) is 0 Å². The second-order valence-corrected chi connectivity index (χ2v) is 4.31. The molecule has 1 aromatic heterocycles. The van der Waals surface area contributed by atoms with Crippen LogP contribution in [0.3, 0.4) is 0 Å². The molecule has 0 atom stereocenters. The van der Waals surface area contributed by atoms with Crippen molar-refractivity contribution in [1.29, 1.82) is 0 Å². The van der Waals surface area contributed by atoms with Crippen LogP contribution in [0.2, 0.25) is 0 Å². The van der Waals surface area contributed by atoms with E-state index in [2.05, 4.69) is 27.8 Å². The van der Waals surface area contributed by atoms with Crippen molar-refractivity contribution in [3.63, 3.8) is 0 Å². The van der Waals surface area contributed by atoms with E-state index in [1.165, 1.54) is 25.7 Å². The van der Waals surface area contributed by atoms with Crippen LogP contribution in [0.1, 0.15) is 38.5 Å². The third-order valence-electron chi connectivity index (χ3n) is 3.01. The Morgan fingerprint density at radius 3 is 2.88 bits per heavy atom.